The molecule has 0 spiro atoms. The molecule has 0 unspecified atom stereocenters. The van der Waals surface area contributed by atoms with E-state index >= 15 is 0 Å². The van der Waals surface area contributed by atoms with Gasteiger partial charge in [-0.1, -0.05) is 0 Å². The van der Waals surface area contributed by atoms with Crippen molar-refractivity contribution in [2.24, 2.45) is 0 Å². The predicted molar refractivity (Wildman–Crippen MR) is 128 cm³/mol. The Hall–Kier alpha value is 1.16. The van der Waals surface area contributed by atoms with Crippen LogP contribution in [0.1, 0.15) is 118 Å². The second-order valence-electron chi connectivity index (χ2n) is 8.25. The summed E-state index contributed by atoms with van der Waals surface area (Å²) in [4.78, 5) is 0. The summed E-state index contributed by atoms with van der Waals surface area (Å²) in [6.45, 7) is 9.46. The summed E-state index contributed by atoms with van der Waals surface area (Å²) in [6, 6.07) is 0. The quantitative estimate of drug-likeness (QED) is 0.106. The summed E-state index contributed by atoms with van der Waals surface area (Å²) < 4.78 is -1.46. The summed E-state index contributed by atoms with van der Waals surface area (Å²) in [5.41, 5.74) is 0. The van der Waals surface area contributed by atoms with Crippen molar-refractivity contribution in [3.05, 3.63) is 0 Å². The van der Waals surface area contributed by atoms with Gasteiger partial charge in [0.25, 0.3) is 0 Å². The number of unbranched alkanes of at least 4 members (excludes halogenated alkanes) is 10. The fraction of sp³-hybridized carbons (Fsp3) is 1.00. The summed E-state index contributed by atoms with van der Waals surface area (Å²) in [7, 11) is 0. The molecule has 0 radical (unpaired) electrons. The van der Waals surface area contributed by atoms with E-state index in [0.717, 1.165) is 0 Å². The summed E-state index contributed by atoms with van der Waals surface area (Å²) >= 11 is 3.09. The molecule has 0 saturated heterocycles. The van der Waals surface area contributed by atoms with E-state index in [1.807, 2.05) is 0 Å². The van der Waals surface area contributed by atoms with Gasteiger partial charge in [-0.05, 0) is 0 Å². The number of hydrogen-bond acceptors (Lipinski definition) is 0. The van der Waals surface area contributed by atoms with Crippen molar-refractivity contribution in [3.63, 3.8) is 0 Å². The van der Waals surface area contributed by atoms with E-state index < -0.39 is 4.25 Å². The SMILES string of the molecule is CCCCCCCCCCP(I)(CCCC)(CCCC)CCCC. The molecule has 0 aliphatic carbocycles. The molecule has 0 saturated carbocycles. The first kappa shape index (κ1) is 25.2. The van der Waals surface area contributed by atoms with E-state index in [9.17, 15) is 0 Å². The van der Waals surface area contributed by atoms with Crippen LogP contribution in [0.2, 0.25) is 0 Å². The Kier molecular flexibility index (Phi) is 16.0. The molecule has 0 fully saturated rings. The molecule has 0 nitrogen and oxygen atoms in total. The van der Waals surface area contributed by atoms with Gasteiger partial charge in [0.15, 0.2) is 0 Å². The van der Waals surface area contributed by atoms with E-state index in [-0.39, 0.29) is 0 Å². The normalized spacial score (nSPS) is 13.8. The van der Waals surface area contributed by atoms with Crippen LogP contribution in [0.3, 0.4) is 0 Å². The van der Waals surface area contributed by atoms with Crippen molar-refractivity contribution in [2.45, 2.75) is 118 Å². The molecule has 0 N–H and O–H groups in total. The van der Waals surface area contributed by atoms with Crippen molar-refractivity contribution in [1.29, 1.82) is 0 Å². The molecular weight excluding hydrogens is 422 g/mol. The molecule has 0 amide bonds. The Bertz CT molecular complexity index is 253. The molecule has 24 heavy (non-hydrogen) atoms. The fourth-order valence-corrected chi connectivity index (χ4v) is 13.7. The Morgan fingerprint density at radius 1 is 0.417 bits per heavy atom. The average Bonchev–Trinajstić information content (AvgIpc) is 2.60. The van der Waals surface area contributed by atoms with E-state index in [1.165, 1.54) is 89.9 Å². The van der Waals surface area contributed by atoms with Crippen LogP contribution in [0, 0.1) is 0 Å². The van der Waals surface area contributed by atoms with Crippen LogP contribution in [0.25, 0.3) is 0 Å². The van der Waals surface area contributed by atoms with E-state index in [1.54, 1.807) is 24.6 Å². The maximum atomic E-state index is 3.09. The Morgan fingerprint density at radius 3 is 1.08 bits per heavy atom. The minimum atomic E-state index is -1.46. The van der Waals surface area contributed by atoms with E-state index in [2.05, 4.69) is 49.7 Å². The molecule has 0 atom stereocenters. The van der Waals surface area contributed by atoms with Crippen LogP contribution in [-0.4, -0.2) is 24.6 Å². The Balaban J connectivity index is 4.44. The number of rotatable bonds is 18. The first-order valence-electron chi connectivity index (χ1n) is 11.3. The maximum absolute atomic E-state index is 3.09. The zero-order valence-corrected chi connectivity index (χ0v) is 20.6. The third-order valence-electron chi connectivity index (χ3n) is 5.78. The molecule has 0 aromatic heterocycles. The van der Waals surface area contributed by atoms with Gasteiger partial charge in [-0.25, -0.2) is 0 Å². The van der Waals surface area contributed by atoms with Crippen molar-refractivity contribution < 1.29 is 0 Å². The van der Waals surface area contributed by atoms with Gasteiger partial charge in [-0.3, -0.25) is 0 Å². The molecule has 2 heteroatoms. The van der Waals surface area contributed by atoms with Crippen LogP contribution in [0.15, 0.2) is 0 Å². The van der Waals surface area contributed by atoms with Gasteiger partial charge in [0, 0.05) is 0 Å². The second kappa shape index (κ2) is 15.2. The van der Waals surface area contributed by atoms with Crippen LogP contribution < -0.4 is 0 Å². The van der Waals surface area contributed by atoms with Gasteiger partial charge in [-0.2, -0.15) is 0 Å². The van der Waals surface area contributed by atoms with Crippen LogP contribution >= 0.6 is 26.3 Å². The summed E-state index contributed by atoms with van der Waals surface area (Å²) in [6.07, 6.45) is 26.7. The van der Waals surface area contributed by atoms with Crippen molar-refractivity contribution in [2.75, 3.05) is 24.6 Å². The van der Waals surface area contributed by atoms with Crippen molar-refractivity contribution in [3.8, 4) is 0 Å². The standard InChI is InChI=1S/C22H48IP/c1-5-9-13-14-15-16-17-18-22-24(23,19-10-6-2,20-11-7-3)21-12-8-4/h5-22H2,1-4H3. The number of hydrogen-bond donors (Lipinski definition) is 0. The first-order valence-corrected chi connectivity index (χ1v) is 17.0. The molecule has 0 bridgehead atoms. The third kappa shape index (κ3) is 11.7. The third-order valence-corrected chi connectivity index (χ3v) is 17.3. The van der Waals surface area contributed by atoms with Gasteiger partial charge in [0.05, 0.1) is 0 Å². The van der Waals surface area contributed by atoms with Crippen LogP contribution in [0.4, 0.5) is 0 Å². The van der Waals surface area contributed by atoms with Crippen molar-refractivity contribution >= 4 is 26.3 Å². The molecule has 0 aliphatic rings. The summed E-state index contributed by atoms with van der Waals surface area (Å²) in [5.74, 6) is 0. The Morgan fingerprint density at radius 2 is 0.708 bits per heavy atom. The molecule has 148 valence electrons. The molecule has 0 heterocycles. The van der Waals surface area contributed by atoms with Gasteiger partial charge in [0.2, 0.25) is 0 Å². The minimum absolute atomic E-state index is 1.37. The first-order chi connectivity index (χ1) is 11.5. The average molecular weight is 471 g/mol. The van der Waals surface area contributed by atoms with E-state index in [4.69, 9.17) is 0 Å². The van der Waals surface area contributed by atoms with E-state index in [0.29, 0.717) is 0 Å². The van der Waals surface area contributed by atoms with Gasteiger partial charge >= 0.3 is 169 Å². The monoisotopic (exact) mass is 470 g/mol. The molecule has 0 aromatic rings. The van der Waals surface area contributed by atoms with Crippen LogP contribution in [-0.2, 0) is 0 Å². The van der Waals surface area contributed by atoms with Gasteiger partial charge < -0.3 is 0 Å². The zero-order chi connectivity index (χ0) is 18.2. The van der Waals surface area contributed by atoms with Crippen molar-refractivity contribution in [1.82, 2.24) is 0 Å². The summed E-state index contributed by atoms with van der Waals surface area (Å²) in [5, 5.41) is 0. The molecule has 0 aromatic carbocycles. The topological polar surface area (TPSA) is 0 Å². The second-order valence-corrected chi connectivity index (χ2v) is 21.9. The van der Waals surface area contributed by atoms with Gasteiger partial charge in [0.1, 0.15) is 0 Å². The fourth-order valence-electron chi connectivity index (χ4n) is 3.97. The molecular formula is C22H48IP. The van der Waals surface area contributed by atoms with Gasteiger partial charge in [-0.15, -0.1) is 0 Å². The predicted octanol–water partition coefficient (Wildman–Crippen LogP) is 9.43. The molecule has 0 rings (SSSR count). The van der Waals surface area contributed by atoms with Crippen LogP contribution in [0.5, 0.6) is 0 Å². The zero-order valence-electron chi connectivity index (χ0n) is 17.6. The number of halogens is 1. The Labute approximate surface area is 168 Å². The molecule has 0 aliphatic heterocycles.